The van der Waals surface area contributed by atoms with E-state index in [1.165, 1.54) is 39.3 Å². The largest absolute Gasteiger partial charge is 0.484 e. The monoisotopic (exact) mass is 407 g/mol. The number of H-pyrrole nitrogens is 1. The van der Waals surface area contributed by atoms with Crippen molar-refractivity contribution >= 4 is 16.9 Å². The normalized spacial score (nSPS) is 12.6. The second kappa shape index (κ2) is 7.53. The molecule has 3 rings (SSSR count). The first-order chi connectivity index (χ1) is 13.6. The number of aromatic amines is 1. The molecule has 0 spiro atoms. The van der Waals surface area contributed by atoms with Crippen molar-refractivity contribution in [1.82, 2.24) is 15.0 Å². The lowest BCUT2D eigenvalue weighted by Crippen LogP contribution is -2.17. The number of ether oxygens (including phenoxy) is 2. The number of hydrogen-bond donors (Lipinski definition) is 1. The van der Waals surface area contributed by atoms with Crippen LogP contribution >= 0.6 is 0 Å². The van der Waals surface area contributed by atoms with E-state index in [2.05, 4.69) is 19.7 Å². The van der Waals surface area contributed by atoms with Crippen LogP contribution in [0.3, 0.4) is 0 Å². The first-order valence-electron chi connectivity index (χ1n) is 8.43. The molecular formula is C19H16F3N3O4. The smallest absolute Gasteiger partial charge is 0.416 e. The summed E-state index contributed by atoms with van der Waals surface area (Å²) in [6.07, 6.45) is -4.54. The summed E-state index contributed by atoms with van der Waals surface area (Å²) in [5.74, 6) is -0.292. The van der Waals surface area contributed by atoms with Crippen molar-refractivity contribution in [3.05, 3.63) is 63.5 Å². The van der Waals surface area contributed by atoms with Crippen molar-refractivity contribution in [2.75, 3.05) is 7.11 Å². The van der Waals surface area contributed by atoms with Gasteiger partial charge < -0.3 is 14.5 Å². The van der Waals surface area contributed by atoms with E-state index >= 15 is 0 Å². The third-order valence-electron chi connectivity index (χ3n) is 4.18. The van der Waals surface area contributed by atoms with E-state index in [0.717, 1.165) is 12.1 Å². The highest BCUT2D eigenvalue weighted by atomic mass is 19.4. The van der Waals surface area contributed by atoms with E-state index in [9.17, 15) is 22.8 Å². The predicted octanol–water partition coefficient (Wildman–Crippen LogP) is 3.57. The van der Waals surface area contributed by atoms with E-state index in [1.54, 1.807) is 0 Å². The van der Waals surface area contributed by atoms with Gasteiger partial charge in [0.15, 0.2) is 0 Å². The van der Waals surface area contributed by atoms with Crippen LogP contribution in [-0.2, 0) is 10.9 Å². The summed E-state index contributed by atoms with van der Waals surface area (Å²) in [4.78, 5) is 33.9. The number of carbonyl (C=O) groups excluding carboxylic acids is 1. The number of benzene rings is 1. The average Bonchev–Trinajstić information content (AvgIpc) is 2.66. The fourth-order valence-electron chi connectivity index (χ4n) is 2.84. The number of halogens is 3. The number of carbonyl (C=O) groups is 1. The number of aromatic nitrogens is 3. The standard InChI is InChI=1S/C19H16F3N3O4/c1-9(29-11-4-5-15(23-8-11)18(27)28-3)12-6-13-16(7-14(12)19(20,21)22)24-10(2)25-17(13)26/h4-9H,1-3H3,(H,24,25,26)/t9-/m1/s1. The molecule has 2 heterocycles. The summed E-state index contributed by atoms with van der Waals surface area (Å²) < 4.78 is 51.0. The average molecular weight is 407 g/mol. The Morgan fingerprint density at radius 1 is 1.24 bits per heavy atom. The number of fused-ring (bicyclic) bond motifs is 1. The maximum Gasteiger partial charge on any atom is 0.416 e. The Bertz CT molecular complexity index is 1120. The molecule has 0 unspecified atom stereocenters. The number of alkyl halides is 3. The molecule has 0 aliphatic rings. The van der Waals surface area contributed by atoms with Gasteiger partial charge in [0, 0.05) is 5.56 Å². The van der Waals surface area contributed by atoms with Crippen molar-refractivity contribution < 1.29 is 27.4 Å². The van der Waals surface area contributed by atoms with Gasteiger partial charge in [0.1, 0.15) is 23.4 Å². The molecular weight excluding hydrogens is 391 g/mol. The van der Waals surface area contributed by atoms with Crippen LogP contribution in [0.15, 0.2) is 35.3 Å². The highest BCUT2D eigenvalue weighted by Crippen LogP contribution is 2.37. The maximum absolute atomic E-state index is 13.6. The summed E-state index contributed by atoms with van der Waals surface area (Å²) >= 11 is 0. The minimum atomic E-state index is -4.67. The van der Waals surface area contributed by atoms with Crippen LogP contribution in [-0.4, -0.2) is 28.0 Å². The zero-order valence-electron chi connectivity index (χ0n) is 15.6. The fraction of sp³-hybridized carbons (Fsp3) is 0.263. The number of aryl methyl sites for hydroxylation is 1. The van der Waals surface area contributed by atoms with Crippen molar-refractivity contribution in [3.63, 3.8) is 0 Å². The molecule has 3 aromatic rings. The topological polar surface area (TPSA) is 94.2 Å². The molecule has 152 valence electrons. The lowest BCUT2D eigenvalue weighted by atomic mass is 10.00. The van der Waals surface area contributed by atoms with Crippen molar-refractivity contribution in [1.29, 1.82) is 0 Å². The van der Waals surface area contributed by atoms with Gasteiger partial charge in [-0.25, -0.2) is 14.8 Å². The summed E-state index contributed by atoms with van der Waals surface area (Å²) in [6.45, 7) is 2.90. The van der Waals surface area contributed by atoms with Crippen LogP contribution in [0.2, 0.25) is 0 Å². The van der Waals surface area contributed by atoms with Gasteiger partial charge in [0.25, 0.3) is 5.56 Å². The van der Waals surface area contributed by atoms with Crippen LogP contribution < -0.4 is 10.3 Å². The van der Waals surface area contributed by atoms with Crippen LogP contribution in [0.1, 0.15) is 40.5 Å². The molecule has 1 N–H and O–H groups in total. The molecule has 7 nitrogen and oxygen atoms in total. The summed E-state index contributed by atoms with van der Waals surface area (Å²) in [7, 11) is 1.20. The molecule has 0 saturated heterocycles. The molecule has 0 aliphatic carbocycles. The molecule has 0 fully saturated rings. The van der Waals surface area contributed by atoms with E-state index in [0.29, 0.717) is 0 Å². The highest BCUT2D eigenvalue weighted by Gasteiger charge is 2.36. The number of rotatable bonds is 4. The van der Waals surface area contributed by atoms with Crippen molar-refractivity contribution in [2.24, 2.45) is 0 Å². The SMILES string of the molecule is COC(=O)c1ccc(O[C@H](C)c2cc3c(=O)[nH]c(C)nc3cc2C(F)(F)F)cn1. The van der Waals surface area contributed by atoms with E-state index in [1.807, 2.05) is 0 Å². The van der Waals surface area contributed by atoms with Gasteiger partial charge in [-0.3, -0.25) is 4.79 Å². The van der Waals surface area contributed by atoms with Gasteiger partial charge in [-0.1, -0.05) is 0 Å². The lowest BCUT2D eigenvalue weighted by Gasteiger charge is -2.20. The minimum Gasteiger partial charge on any atom is -0.484 e. The molecule has 0 radical (unpaired) electrons. The first-order valence-corrected chi connectivity index (χ1v) is 8.43. The van der Waals surface area contributed by atoms with Gasteiger partial charge >= 0.3 is 12.1 Å². The molecule has 0 bridgehead atoms. The Morgan fingerprint density at radius 3 is 2.55 bits per heavy atom. The van der Waals surface area contributed by atoms with Gasteiger partial charge in [-0.15, -0.1) is 0 Å². The number of nitrogens with one attached hydrogen (secondary N) is 1. The van der Waals surface area contributed by atoms with Gasteiger partial charge in [0.05, 0.1) is 29.8 Å². The highest BCUT2D eigenvalue weighted by molar-refractivity contribution is 5.87. The maximum atomic E-state index is 13.6. The summed E-state index contributed by atoms with van der Waals surface area (Å²) in [5, 5.41) is 0.0215. The second-order valence-corrected chi connectivity index (χ2v) is 6.24. The lowest BCUT2D eigenvalue weighted by molar-refractivity contribution is -0.138. The number of pyridine rings is 1. The van der Waals surface area contributed by atoms with Crippen LogP contribution in [0.5, 0.6) is 5.75 Å². The van der Waals surface area contributed by atoms with Gasteiger partial charge in [-0.05, 0) is 38.1 Å². The number of methoxy groups -OCH3 is 1. The van der Waals surface area contributed by atoms with Crippen molar-refractivity contribution in [2.45, 2.75) is 26.1 Å². The molecule has 1 atom stereocenters. The first kappa shape index (κ1) is 20.3. The molecule has 1 aromatic carbocycles. The Hall–Kier alpha value is -3.43. The summed E-state index contributed by atoms with van der Waals surface area (Å²) in [6, 6.07) is 4.69. The molecule has 0 saturated carbocycles. The van der Waals surface area contributed by atoms with Crippen LogP contribution in [0.4, 0.5) is 13.2 Å². The number of esters is 1. The Morgan fingerprint density at radius 2 is 1.97 bits per heavy atom. The Kier molecular flexibility index (Phi) is 5.27. The van der Waals surface area contributed by atoms with Crippen LogP contribution in [0, 0.1) is 6.92 Å². The van der Waals surface area contributed by atoms with Gasteiger partial charge in [0.2, 0.25) is 0 Å². The van der Waals surface area contributed by atoms with Crippen LogP contribution in [0.25, 0.3) is 10.9 Å². The summed E-state index contributed by atoms with van der Waals surface area (Å²) in [5.41, 5.74) is -1.74. The van der Waals surface area contributed by atoms with E-state index in [4.69, 9.17) is 4.74 Å². The minimum absolute atomic E-state index is 0.0215. The zero-order chi connectivity index (χ0) is 21.3. The third-order valence-corrected chi connectivity index (χ3v) is 4.18. The molecule has 2 aromatic heterocycles. The van der Waals surface area contributed by atoms with Crippen molar-refractivity contribution in [3.8, 4) is 5.75 Å². The van der Waals surface area contributed by atoms with Gasteiger partial charge in [-0.2, -0.15) is 13.2 Å². The quantitative estimate of drug-likeness (QED) is 0.665. The zero-order valence-corrected chi connectivity index (χ0v) is 15.6. The van der Waals surface area contributed by atoms with E-state index in [-0.39, 0.29) is 33.7 Å². The second-order valence-electron chi connectivity index (χ2n) is 6.24. The third kappa shape index (κ3) is 4.20. The fourth-order valence-corrected chi connectivity index (χ4v) is 2.84. The number of nitrogens with zero attached hydrogens (tertiary/aromatic N) is 2. The molecule has 0 aliphatic heterocycles. The number of hydrogen-bond acceptors (Lipinski definition) is 6. The van der Waals surface area contributed by atoms with E-state index < -0.39 is 29.4 Å². The molecule has 29 heavy (non-hydrogen) atoms. The Labute approximate surface area is 162 Å². The molecule has 10 heteroatoms. The predicted molar refractivity (Wildman–Crippen MR) is 96.7 cm³/mol. The molecule has 0 amide bonds. The Balaban J connectivity index is 2.03.